The number of benzene rings is 2. The van der Waals surface area contributed by atoms with E-state index in [1.165, 1.54) is 11.3 Å². The van der Waals surface area contributed by atoms with Gasteiger partial charge in [0.2, 0.25) is 15.9 Å². The second-order valence-electron chi connectivity index (χ2n) is 6.92. The first-order valence-corrected chi connectivity index (χ1v) is 12.2. The maximum atomic E-state index is 12.2. The molecule has 0 radical (unpaired) electrons. The van der Waals surface area contributed by atoms with Gasteiger partial charge < -0.3 is 5.32 Å². The average molecular weight is 446 g/mol. The number of Topliss-reactive ketones (excluding diaryl/α,β-unsaturated/α-hetero) is 1. The van der Waals surface area contributed by atoms with Crippen molar-refractivity contribution in [3.8, 4) is 11.1 Å². The number of aromatic nitrogens is 1. The topological polar surface area (TPSA) is 105 Å². The number of fused-ring (bicyclic) bond motifs is 1. The van der Waals surface area contributed by atoms with Gasteiger partial charge in [0.05, 0.1) is 29.4 Å². The summed E-state index contributed by atoms with van der Waals surface area (Å²) in [5.74, 6) is -0.407. The Balaban J connectivity index is 1.50. The molecule has 1 aromatic heterocycles. The van der Waals surface area contributed by atoms with Gasteiger partial charge in [-0.1, -0.05) is 36.4 Å². The van der Waals surface area contributed by atoms with Gasteiger partial charge in [-0.3, -0.25) is 9.59 Å². The second kappa shape index (κ2) is 9.92. The molecule has 2 N–H and O–H groups in total. The second-order valence-corrected chi connectivity index (χ2v) is 9.87. The van der Waals surface area contributed by atoms with Crippen LogP contribution in [0.5, 0.6) is 0 Å². The van der Waals surface area contributed by atoms with Crippen molar-refractivity contribution in [3.05, 3.63) is 53.5 Å². The maximum Gasteiger partial charge on any atom is 0.227 e. The molecular weight excluding hydrogens is 422 g/mol. The number of nitrogens with zero attached hydrogens (tertiary/aromatic N) is 1. The van der Waals surface area contributed by atoms with Gasteiger partial charge in [-0.15, -0.1) is 11.3 Å². The Bertz CT molecular complexity index is 1140. The molecule has 30 heavy (non-hydrogen) atoms. The van der Waals surface area contributed by atoms with E-state index in [-0.39, 0.29) is 37.6 Å². The van der Waals surface area contributed by atoms with Crippen molar-refractivity contribution in [2.45, 2.75) is 19.3 Å². The van der Waals surface area contributed by atoms with Crippen molar-refractivity contribution in [1.29, 1.82) is 0 Å². The van der Waals surface area contributed by atoms with E-state index in [2.05, 4.69) is 21.1 Å². The molecule has 0 aliphatic rings. The van der Waals surface area contributed by atoms with Gasteiger partial charge in [-0.2, -0.15) is 0 Å². The first kappa shape index (κ1) is 22.1. The highest BCUT2D eigenvalue weighted by atomic mass is 32.2. The number of ketones is 1. The Morgan fingerprint density at radius 1 is 1.07 bits per heavy atom. The third kappa shape index (κ3) is 6.72. The predicted molar refractivity (Wildman–Crippen MR) is 119 cm³/mol. The molecule has 9 heteroatoms. The minimum atomic E-state index is -3.25. The number of amides is 1. The van der Waals surface area contributed by atoms with Crippen LogP contribution in [0.15, 0.2) is 48.5 Å². The number of hydrogen-bond acceptors (Lipinski definition) is 6. The highest BCUT2D eigenvalue weighted by molar-refractivity contribution is 7.88. The molecule has 1 amide bonds. The fourth-order valence-electron chi connectivity index (χ4n) is 2.89. The van der Waals surface area contributed by atoms with Crippen LogP contribution in [-0.2, 0) is 26.0 Å². The number of nitrogens with one attached hydrogen (secondary N) is 2. The summed E-state index contributed by atoms with van der Waals surface area (Å²) in [5.41, 5.74) is 3.06. The quantitative estimate of drug-likeness (QED) is 0.467. The monoisotopic (exact) mass is 445 g/mol. The van der Waals surface area contributed by atoms with Gasteiger partial charge >= 0.3 is 0 Å². The molecule has 0 aliphatic carbocycles. The lowest BCUT2D eigenvalue weighted by atomic mass is 10.1. The smallest absolute Gasteiger partial charge is 0.227 e. The molecule has 2 aromatic carbocycles. The van der Waals surface area contributed by atoms with Crippen molar-refractivity contribution in [3.63, 3.8) is 0 Å². The van der Waals surface area contributed by atoms with Crippen LogP contribution >= 0.6 is 11.3 Å². The third-order valence-corrected chi connectivity index (χ3v) is 6.08. The highest BCUT2D eigenvalue weighted by Gasteiger charge is 2.11. The van der Waals surface area contributed by atoms with Crippen LogP contribution in [0.25, 0.3) is 21.3 Å². The molecule has 3 rings (SSSR count). The van der Waals surface area contributed by atoms with E-state index in [9.17, 15) is 18.0 Å². The highest BCUT2D eigenvalue weighted by Crippen LogP contribution is 2.28. The SMILES string of the molecule is CS(=O)(=O)NCCCC(=O)CNC(=O)Cc1nc2ccc(-c3ccccc3)cc2s1. The van der Waals surface area contributed by atoms with Crippen molar-refractivity contribution in [2.75, 3.05) is 19.3 Å². The molecule has 3 aromatic rings. The molecule has 0 spiro atoms. The molecular formula is C21H23N3O4S2. The largest absolute Gasteiger partial charge is 0.349 e. The molecule has 0 unspecified atom stereocenters. The minimum Gasteiger partial charge on any atom is -0.349 e. The van der Waals surface area contributed by atoms with Crippen LogP contribution in [0.3, 0.4) is 0 Å². The van der Waals surface area contributed by atoms with Gasteiger partial charge in [0.1, 0.15) is 5.01 Å². The van der Waals surface area contributed by atoms with E-state index in [4.69, 9.17) is 0 Å². The fourth-order valence-corrected chi connectivity index (χ4v) is 4.41. The molecule has 158 valence electrons. The Morgan fingerprint density at radius 3 is 2.57 bits per heavy atom. The molecule has 0 saturated carbocycles. The van der Waals surface area contributed by atoms with Gasteiger partial charge in [0.15, 0.2) is 5.78 Å². The number of sulfonamides is 1. The number of rotatable bonds is 10. The zero-order valence-electron chi connectivity index (χ0n) is 16.6. The summed E-state index contributed by atoms with van der Waals surface area (Å²) in [6, 6.07) is 16.1. The minimum absolute atomic E-state index is 0.0687. The predicted octanol–water partition coefficient (Wildman–Crippen LogP) is 2.52. The summed E-state index contributed by atoms with van der Waals surface area (Å²) in [6.07, 6.45) is 1.78. The number of carbonyl (C=O) groups is 2. The molecule has 0 fully saturated rings. The fraction of sp³-hybridized carbons (Fsp3) is 0.286. The van der Waals surface area contributed by atoms with Crippen molar-refractivity contribution in [1.82, 2.24) is 15.0 Å². The number of carbonyl (C=O) groups excluding carboxylic acids is 2. The first-order valence-electron chi connectivity index (χ1n) is 9.48. The lowest BCUT2D eigenvalue weighted by Gasteiger charge is -2.04. The Kier molecular flexibility index (Phi) is 7.30. The third-order valence-electron chi connectivity index (χ3n) is 4.33. The van der Waals surface area contributed by atoms with E-state index < -0.39 is 10.0 Å². The van der Waals surface area contributed by atoms with E-state index in [1.54, 1.807) is 0 Å². The van der Waals surface area contributed by atoms with Crippen LogP contribution in [0, 0.1) is 0 Å². The van der Waals surface area contributed by atoms with Crippen LogP contribution < -0.4 is 10.0 Å². The van der Waals surface area contributed by atoms with E-state index in [1.807, 2.05) is 42.5 Å². The normalized spacial score (nSPS) is 11.5. The van der Waals surface area contributed by atoms with Gasteiger partial charge in [-0.25, -0.2) is 18.1 Å². The van der Waals surface area contributed by atoms with Crippen LogP contribution in [0.4, 0.5) is 0 Å². The summed E-state index contributed by atoms with van der Waals surface area (Å²) in [7, 11) is -3.25. The van der Waals surface area contributed by atoms with E-state index in [0.29, 0.717) is 11.4 Å². The average Bonchev–Trinajstić information content (AvgIpc) is 3.11. The van der Waals surface area contributed by atoms with Gasteiger partial charge in [-0.05, 0) is 29.7 Å². The zero-order chi connectivity index (χ0) is 21.6. The van der Waals surface area contributed by atoms with Crippen LogP contribution in [0.1, 0.15) is 17.8 Å². The lowest BCUT2D eigenvalue weighted by molar-refractivity contribution is -0.124. The summed E-state index contributed by atoms with van der Waals surface area (Å²) in [5, 5.41) is 3.30. The van der Waals surface area contributed by atoms with Crippen LogP contribution in [-0.4, -0.2) is 44.4 Å². The Hall–Kier alpha value is -2.62. The molecule has 0 saturated heterocycles. The Labute approximate surface area is 179 Å². The summed E-state index contributed by atoms with van der Waals surface area (Å²) >= 11 is 1.47. The Morgan fingerprint density at radius 2 is 1.83 bits per heavy atom. The van der Waals surface area contributed by atoms with Crippen molar-refractivity contribution in [2.24, 2.45) is 0 Å². The lowest BCUT2D eigenvalue weighted by Crippen LogP contribution is -2.31. The van der Waals surface area contributed by atoms with Crippen molar-refractivity contribution < 1.29 is 18.0 Å². The first-order chi connectivity index (χ1) is 14.3. The summed E-state index contributed by atoms with van der Waals surface area (Å²) in [6.45, 7) is 0.135. The maximum absolute atomic E-state index is 12.2. The van der Waals surface area contributed by atoms with Gasteiger partial charge in [0, 0.05) is 13.0 Å². The van der Waals surface area contributed by atoms with Crippen molar-refractivity contribution >= 4 is 43.3 Å². The summed E-state index contributed by atoms with van der Waals surface area (Å²) < 4.78 is 25.3. The molecule has 0 aliphatic heterocycles. The molecule has 0 atom stereocenters. The number of thiazole rings is 1. The molecule has 7 nitrogen and oxygen atoms in total. The van der Waals surface area contributed by atoms with E-state index in [0.717, 1.165) is 27.6 Å². The number of hydrogen-bond donors (Lipinski definition) is 2. The van der Waals surface area contributed by atoms with Crippen LogP contribution in [0.2, 0.25) is 0 Å². The zero-order valence-corrected chi connectivity index (χ0v) is 18.2. The van der Waals surface area contributed by atoms with Gasteiger partial charge in [0.25, 0.3) is 0 Å². The molecule has 0 bridgehead atoms. The summed E-state index contributed by atoms with van der Waals surface area (Å²) in [4.78, 5) is 28.5. The van der Waals surface area contributed by atoms with E-state index >= 15 is 0 Å². The standard InChI is InChI=1S/C21H23N3O4S2/c1-30(27,28)23-11-5-8-17(25)14-22-20(26)13-21-24-18-10-9-16(12-19(18)29-21)15-6-3-2-4-7-15/h2-4,6-7,9-10,12,23H,5,8,11,13-14H2,1H3,(H,22,26). The molecule has 1 heterocycles.